The topological polar surface area (TPSA) is 103 Å². The molecule has 1 saturated heterocycles. The maximum absolute atomic E-state index is 11.4. The number of carbonyl (C=O) groups excluding carboxylic acids is 1. The molecule has 0 spiro atoms. The van der Waals surface area contributed by atoms with Gasteiger partial charge in [0.2, 0.25) is 0 Å². The maximum Gasteiger partial charge on any atom is 0.407 e. The zero-order valence-corrected chi connectivity index (χ0v) is 20.1. The predicted octanol–water partition coefficient (Wildman–Crippen LogP) is 2.14. The first-order valence-electron chi connectivity index (χ1n) is 11.6. The summed E-state index contributed by atoms with van der Waals surface area (Å²) in [5.74, 6) is 0. The fraction of sp³-hybridized carbons (Fsp3) is 0.955. The van der Waals surface area contributed by atoms with Gasteiger partial charge in [-0.1, -0.05) is 0 Å². The molecule has 0 radical (unpaired) electrons. The van der Waals surface area contributed by atoms with Gasteiger partial charge in [-0.25, -0.2) is 4.79 Å². The van der Waals surface area contributed by atoms with Crippen molar-refractivity contribution in [1.82, 2.24) is 5.32 Å². The highest BCUT2D eigenvalue weighted by Crippen LogP contribution is 2.13. The van der Waals surface area contributed by atoms with Crippen LogP contribution in [0.25, 0.3) is 0 Å². The summed E-state index contributed by atoms with van der Waals surface area (Å²) < 4.78 is 43.3. The van der Waals surface area contributed by atoms with Crippen LogP contribution in [0, 0.1) is 0 Å². The summed E-state index contributed by atoms with van der Waals surface area (Å²) in [6.07, 6.45) is 2.75. The Morgan fingerprint density at radius 3 is 1.75 bits per heavy atom. The van der Waals surface area contributed by atoms with Crippen LogP contribution in [0.1, 0.15) is 40.0 Å². The highest BCUT2D eigenvalue weighted by Gasteiger charge is 2.15. The Hall–Kier alpha value is -1.01. The van der Waals surface area contributed by atoms with Crippen LogP contribution in [0.15, 0.2) is 0 Å². The van der Waals surface area contributed by atoms with Gasteiger partial charge in [-0.2, -0.15) is 0 Å². The molecule has 190 valence electrons. The molecule has 10 nitrogen and oxygen atoms in total. The summed E-state index contributed by atoms with van der Waals surface area (Å²) in [6.45, 7) is 12.1. The van der Waals surface area contributed by atoms with Crippen molar-refractivity contribution in [3.8, 4) is 0 Å². The Morgan fingerprint density at radius 2 is 1.28 bits per heavy atom. The summed E-state index contributed by atoms with van der Waals surface area (Å²) in [5, 5.41) is 2.63. The zero-order valence-electron chi connectivity index (χ0n) is 20.1. The van der Waals surface area contributed by atoms with Crippen molar-refractivity contribution < 1.29 is 42.7 Å². The number of rotatable bonds is 19. The molecule has 1 amide bonds. The molecule has 10 heteroatoms. The van der Waals surface area contributed by atoms with Crippen LogP contribution < -0.4 is 5.32 Å². The highest BCUT2D eigenvalue weighted by molar-refractivity contribution is 5.67. The van der Waals surface area contributed by atoms with Crippen LogP contribution >= 0.6 is 0 Å². The van der Waals surface area contributed by atoms with E-state index in [1.165, 1.54) is 6.42 Å². The van der Waals surface area contributed by atoms with Gasteiger partial charge in [0, 0.05) is 13.2 Å². The Labute approximate surface area is 192 Å². The third-order valence-electron chi connectivity index (χ3n) is 4.07. The van der Waals surface area contributed by atoms with Crippen molar-refractivity contribution in [2.24, 2.45) is 0 Å². The molecule has 1 aliphatic heterocycles. The molecule has 0 saturated carbocycles. The molecule has 0 aliphatic carbocycles. The fourth-order valence-electron chi connectivity index (χ4n) is 2.60. The van der Waals surface area contributed by atoms with Gasteiger partial charge in [0.05, 0.1) is 72.7 Å². The Bertz CT molecular complexity index is 440. The van der Waals surface area contributed by atoms with Gasteiger partial charge in [0.15, 0.2) is 6.29 Å². The summed E-state index contributed by atoms with van der Waals surface area (Å²) in [4.78, 5) is 11.4. The lowest BCUT2D eigenvalue weighted by atomic mass is 10.2. The minimum atomic E-state index is -0.499. The summed E-state index contributed by atoms with van der Waals surface area (Å²) in [5.41, 5.74) is -0.499. The Kier molecular flexibility index (Phi) is 17.6. The fourth-order valence-corrected chi connectivity index (χ4v) is 2.60. The normalized spacial score (nSPS) is 16.8. The van der Waals surface area contributed by atoms with Crippen LogP contribution in [-0.2, 0) is 37.9 Å². The largest absolute Gasteiger partial charge is 0.444 e. The number of ether oxygens (including phenoxy) is 8. The summed E-state index contributed by atoms with van der Waals surface area (Å²) >= 11 is 0. The summed E-state index contributed by atoms with van der Waals surface area (Å²) in [7, 11) is 0. The van der Waals surface area contributed by atoms with Crippen LogP contribution in [0.2, 0.25) is 0 Å². The molecule has 0 aromatic rings. The predicted molar refractivity (Wildman–Crippen MR) is 118 cm³/mol. The zero-order chi connectivity index (χ0) is 23.3. The molecule has 0 bridgehead atoms. The van der Waals surface area contributed by atoms with Crippen LogP contribution in [-0.4, -0.2) is 104 Å². The molecule has 1 heterocycles. The molecule has 1 aliphatic rings. The van der Waals surface area contributed by atoms with Crippen LogP contribution in [0.3, 0.4) is 0 Å². The van der Waals surface area contributed by atoms with E-state index in [-0.39, 0.29) is 6.29 Å². The van der Waals surface area contributed by atoms with E-state index >= 15 is 0 Å². The second-order valence-corrected chi connectivity index (χ2v) is 8.16. The number of alkyl carbamates (subject to hydrolysis) is 1. The van der Waals surface area contributed by atoms with E-state index < -0.39 is 11.7 Å². The quantitative estimate of drug-likeness (QED) is 0.287. The lowest BCUT2D eigenvalue weighted by Gasteiger charge is -2.22. The SMILES string of the molecule is CC(C)(C)OC(=O)NCCOCCOCCOCCOCCOCCOC1CCCCO1. The summed E-state index contributed by atoms with van der Waals surface area (Å²) in [6, 6.07) is 0. The van der Waals surface area contributed by atoms with Gasteiger partial charge >= 0.3 is 6.09 Å². The van der Waals surface area contributed by atoms with Crippen molar-refractivity contribution in [2.75, 3.05) is 85.8 Å². The second-order valence-electron chi connectivity index (χ2n) is 8.16. The molecule has 1 fully saturated rings. The molecule has 1 atom stereocenters. The highest BCUT2D eigenvalue weighted by atomic mass is 16.7. The van der Waals surface area contributed by atoms with Gasteiger partial charge in [0.25, 0.3) is 0 Å². The van der Waals surface area contributed by atoms with Crippen molar-refractivity contribution in [3.05, 3.63) is 0 Å². The molecule has 0 aromatic heterocycles. The first-order valence-corrected chi connectivity index (χ1v) is 11.6. The van der Waals surface area contributed by atoms with E-state index in [4.69, 9.17) is 37.9 Å². The standard InChI is InChI=1S/C22H43NO9/c1-22(2,3)32-21(24)23-7-9-25-10-11-26-12-13-27-14-15-28-16-17-29-18-19-31-20-6-4-5-8-30-20/h20H,4-19H2,1-3H3,(H,23,24). The van der Waals surface area contributed by atoms with Crippen molar-refractivity contribution in [3.63, 3.8) is 0 Å². The molecule has 32 heavy (non-hydrogen) atoms. The number of hydrogen-bond donors (Lipinski definition) is 1. The van der Waals surface area contributed by atoms with Gasteiger partial charge in [-0.15, -0.1) is 0 Å². The van der Waals surface area contributed by atoms with Gasteiger partial charge in [0.1, 0.15) is 5.60 Å². The lowest BCUT2D eigenvalue weighted by Crippen LogP contribution is -2.34. The molecule has 1 unspecified atom stereocenters. The van der Waals surface area contributed by atoms with Gasteiger partial charge in [-0.3, -0.25) is 0 Å². The van der Waals surface area contributed by atoms with E-state index in [1.54, 1.807) is 0 Å². The van der Waals surface area contributed by atoms with E-state index in [1.807, 2.05) is 20.8 Å². The van der Waals surface area contributed by atoms with Crippen molar-refractivity contribution >= 4 is 6.09 Å². The third-order valence-corrected chi connectivity index (χ3v) is 4.07. The minimum Gasteiger partial charge on any atom is -0.444 e. The number of amides is 1. The molecular formula is C22H43NO9. The lowest BCUT2D eigenvalue weighted by molar-refractivity contribution is -0.169. The van der Waals surface area contributed by atoms with E-state index in [2.05, 4.69) is 5.32 Å². The smallest absolute Gasteiger partial charge is 0.407 e. The van der Waals surface area contributed by atoms with E-state index in [0.717, 1.165) is 19.4 Å². The number of carbonyl (C=O) groups is 1. The maximum atomic E-state index is 11.4. The molecular weight excluding hydrogens is 422 g/mol. The number of hydrogen-bond acceptors (Lipinski definition) is 9. The average molecular weight is 466 g/mol. The monoisotopic (exact) mass is 465 g/mol. The van der Waals surface area contributed by atoms with Crippen molar-refractivity contribution in [1.29, 1.82) is 0 Å². The van der Waals surface area contributed by atoms with Gasteiger partial charge < -0.3 is 43.2 Å². The Balaban J connectivity index is 1.68. The first-order chi connectivity index (χ1) is 15.5. The second kappa shape index (κ2) is 19.5. The number of nitrogens with one attached hydrogen (secondary N) is 1. The van der Waals surface area contributed by atoms with Crippen LogP contribution in [0.4, 0.5) is 4.79 Å². The van der Waals surface area contributed by atoms with E-state index in [9.17, 15) is 4.79 Å². The van der Waals surface area contributed by atoms with Crippen molar-refractivity contribution in [2.45, 2.75) is 51.9 Å². The third kappa shape index (κ3) is 19.7. The minimum absolute atomic E-state index is 0.0645. The molecule has 1 rings (SSSR count). The Morgan fingerprint density at radius 1 is 0.781 bits per heavy atom. The molecule has 1 N–H and O–H groups in total. The van der Waals surface area contributed by atoms with E-state index in [0.29, 0.717) is 79.2 Å². The molecule has 0 aromatic carbocycles. The average Bonchev–Trinajstić information content (AvgIpc) is 2.75. The van der Waals surface area contributed by atoms with Gasteiger partial charge in [-0.05, 0) is 40.0 Å². The van der Waals surface area contributed by atoms with Crippen LogP contribution in [0.5, 0.6) is 0 Å². The first kappa shape index (κ1) is 29.0.